The Morgan fingerprint density at radius 2 is 2.24 bits per heavy atom. The van der Waals surface area contributed by atoms with E-state index in [-0.39, 0.29) is 0 Å². The Bertz CT molecular complexity index is 375. The van der Waals surface area contributed by atoms with Gasteiger partial charge in [0, 0.05) is 26.7 Å². The van der Waals surface area contributed by atoms with Crippen LogP contribution in [0.2, 0.25) is 0 Å². The molecule has 1 N–H and O–H groups in total. The van der Waals surface area contributed by atoms with Crippen LogP contribution in [0.1, 0.15) is 43.4 Å². The van der Waals surface area contributed by atoms with E-state index >= 15 is 0 Å². The van der Waals surface area contributed by atoms with Crippen molar-refractivity contribution in [3.63, 3.8) is 0 Å². The second kappa shape index (κ2) is 5.02. The van der Waals surface area contributed by atoms with E-state index in [9.17, 15) is 0 Å². The van der Waals surface area contributed by atoms with Crippen LogP contribution in [0.4, 0.5) is 0 Å². The van der Waals surface area contributed by atoms with Crippen molar-refractivity contribution in [3.05, 3.63) is 20.8 Å². The van der Waals surface area contributed by atoms with Gasteiger partial charge in [-0.15, -0.1) is 11.3 Å². The molecule has 17 heavy (non-hydrogen) atoms. The first-order valence-electron chi connectivity index (χ1n) is 6.76. The van der Waals surface area contributed by atoms with Crippen molar-refractivity contribution in [2.75, 3.05) is 6.54 Å². The summed E-state index contributed by atoms with van der Waals surface area (Å²) in [5, 5.41) is 6.12. The molecule has 1 aliphatic carbocycles. The van der Waals surface area contributed by atoms with Gasteiger partial charge in [-0.1, -0.05) is 12.8 Å². The molecule has 3 rings (SSSR count). The van der Waals surface area contributed by atoms with Gasteiger partial charge in [-0.2, -0.15) is 0 Å². The van der Waals surface area contributed by atoms with Crippen molar-refractivity contribution >= 4 is 27.3 Å². The molecule has 1 aromatic heterocycles. The molecule has 2 heterocycles. The summed E-state index contributed by atoms with van der Waals surface area (Å²) in [6.07, 6.45) is 9.70. The van der Waals surface area contributed by atoms with E-state index in [1.165, 1.54) is 60.8 Å². The Hall–Kier alpha value is 0.140. The number of halogens is 1. The third-order valence-corrected chi connectivity index (χ3v) is 5.94. The van der Waals surface area contributed by atoms with Crippen LogP contribution in [-0.4, -0.2) is 12.1 Å². The average Bonchev–Trinajstić information content (AvgIpc) is 3.09. The van der Waals surface area contributed by atoms with Gasteiger partial charge in [0.25, 0.3) is 0 Å². The van der Waals surface area contributed by atoms with Gasteiger partial charge in [0.15, 0.2) is 0 Å². The minimum absolute atomic E-state index is 0.431. The van der Waals surface area contributed by atoms with E-state index < -0.39 is 0 Å². The summed E-state index contributed by atoms with van der Waals surface area (Å²) in [7, 11) is 0. The minimum atomic E-state index is 0.431. The molecular weight excluding hydrogens is 294 g/mol. The zero-order chi connectivity index (χ0) is 11.7. The van der Waals surface area contributed by atoms with Crippen molar-refractivity contribution in [1.29, 1.82) is 0 Å². The van der Waals surface area contributed by atoms with Crippen LogP contribution < -0.4 is 5.32 Å². The Balaban J connectivity index is 1.78. The molecule has 1 aromatic rings. The summed E-state index contributed by atoms with van der Waals surface area (Å²) in [5.74, 6) is 0.946. The zero-order valence-electron chi connectivity index (χ0n) is 10.2. The van der Waals surface area contributed by atoms with Crippen LogP contribution in [0.25, 0.3) is 0 Å². The molecule has 1 aliphatic heterocycles. The van der Waals surface area contributed by atoms with Crippen LogP contribution in [0, 0.1) is 5.92 Å². The summed E-state index contributed by atoms with van der Waals surface area (Å²) in [6, 6.07) is 2.31. The fourth-order valence-electron chi connectivity index (χ4n) is 3.20. The molecular formula is C14H20BrNS. The topological polar surface area (TPSA) is 12.0 Å². The fraction of sp³-hybridized carbons (Fsp3) is 0.714. The zero-order valence-corrected chi connectivity index (χ0v) is 12.6. The summed E-state index contributed by atoms with van der Waals surface area (Å²) in [5.41, 5.74) is 0.431. The van der Waals surface area contributed by atoms with Crippen molar-refractivity contribution in [1.82, 2.24) is 5.32 Å². The van der Waals surface area contributed by atoms with Crippen LogP contribution >= 0.6 is 27.3 Å². The predicted molar refractivity (Wildman–Crippen MR) is 77.6 cm³/mol. The first-order chi connectivity index (χ1) is 8.28. The highest BCUT2D eigenvalue weighted by molar-refractivity contribution is 9.10. The Kier molecular flexibility index (Phi) is 3.60. The summed E-state index contributed by atoms with van der Waals surface area (Å²) >= 11 is 5.48. The van der Waals surface area contributed by atoms with E-state index in [4.69, 9.17) is 0 Å². The first kappa shape index (κ1) is 12.2. The number of nitrogens with one attached hydrogen (secondary N) is 1. The summed E-state index contributed by atoms with van der Waals surface area (Å²) in [4.78, 5) is 1.54. The molecule has 1 saturated carbocycles. The average molecular weight is 314 g/mol. The maximum Gasteiger partial charge on any atom is 0.0285 e. The van der Waals surface area contributed by atoms with Gasteiger partial charge in [-0.25, -0.2) is 0 Å². The van der Waals surface area contributed by atoms with E-state index in [2.05, 4.69) is 32.7 Å². The molecule has 94 valence electrons. The van der Waals surface area contributed by atoms with Gasteiger partial charge in [0.1, 0.15) is 0 Å². The highest BCUT2D eigenvalue weighted by Crippen LogP contribution is 2.45. The lowest BCUT2D eigenvalue weighted by molar-refractivity contribution is 0.272. The van der Waals surface area contributed by atoms with Gasteiger partial charge in [-0.05, 0) is 60.1 Å². The molecule has 3 heteroatoms. The van der Waals surface area contributed by atoms with E-state index in [1.807, 2.05) is 11.3 Å². The minimum Gasteiger partial charge on any atom is -0.311 e. The van der Waals surface area contributed by atoms with Gasteiger partial charge >= 0.3 is 0 Å². The second-order valence-corrected chi connectivity index (χ2v) is 7.49. The van der Waals surface area contributed by atoms with Crippen LogP contribution in [0.3, 0.4) is 0 Å². The number of hydrogen-bond acceptors (Lipinski definition) is 2. The van der Waals surface area contributed by atoms with Gasteiger partial charge in [0.05, 0.1) is 0 Å². The quantitative estimate of drug-likeness (QED) is 0.874. The monoisotopic (exact) mass is 313 g/mol. The highest BCUT2D eigenvalue weighted by atomic mass is 79.9. The standard InChI is InChI=1S/C14H20BrNS/c15-12-8-13(17-10-12)9-14(11-4-5-11)6-2-1-3-7-16-14/h8,10-11,16H,1-7,9H2. The lowest BCUT2D eigenvalue weighted by Gasteiger charge is -2.34. The lowest BCUT2D eigenvalue weighted by atomic mass is 9.84. The van der Waals surface area contributed by atoms with E-state index in [0.29, 0.717) is 5.54 Å². The largest absolute Gasteiger partial charge is 0.311 e. The Morgan fingerprint density at radius 3 is 2.94 bits per heavy atom. The third kappa shape index (κ3) is 2.77. The molecule has 0 radical (unpaired) electrons. The molecule has 0 aromatic carbocycles. The normalized spacial score (nSPS) is 30.2. The maximum absolute atomic E-state index is 3.91. The SMILES string of the molecule is Brc1csc(CC2(C3CC3)CCCCCN2)c1. The van der Waals surface area contributed by atoms with Crippen LogP contribution in [0.5, 0.6) is 0 Å². The molecule has 1 saturated heterocycles. The summed E-state index contributed by atoms with van der Waals surface area (Å²) in [6.45, 7) is 1.23. The van der Waals surface area contributed by atoms with Crippen molar-refractivity contribution in [3.8, 4) is 0 Å². The number of hydrogen-bond donors (Lipinski definition) is 1. The van der Waals surface area contributed by atoms with Gasteiger partial charge < -0.3 is 5.32 Å². The molecule has 0 amide bonds. The molecule has 1 nitrogen and oxygen atoms in total. The Labute approximate surface area is 116 Å². The van der Waals surface area contributed by atoms with E-state index in [1.54, 1.807) is 0 Å². The summed E-state index contributed by atoms with van der Waals surface area (Å²) < 4.78 is 1.25. The maximum atomic E-state index is 3.91. The Morgan fingerprint density at radius 1 is 1.35 bits per heavy atom. The molecule has 0 bridgehead atoms. The first-order valence-corrected chi connectivity index (χ1v) is 8.44. The van der Waals surface area contributed by atoms with Gasteiger partial charge in [-0.3, -0.25) is 0 Å². The van der Waals surface area contributed by atoms with Crippen LogP contribution in [0.15, 0.2) is 15.9 Å². The van der Waals surface area contributed by atoms with Gasteiger partial charge in [0.2, 0.25) is 0 Å². The number of rotatable bonds is 3. The second-order valence-electron chi connectivity index (χ2n) is 5.58. The van der Waals surface area contributed by atoms with Crippen molar-refractivity contribution < 1.29 is 0 Å². The molecule has 2 fully saturated rings. The fourth-order valence-corrected chi connectivity index (χ4v) is 4.78. The smallest absolute Gasteiger partial charge is 0.0285 e. The van der Waals surface area contributed by atoms with E-state index in [0.717, 1.165) is 5.92 Å². The molecule has 1 unspecified atom stereocenters. The molecule has 1 atom stereocenters. The lowest BCUT2D eigenvalue weighted by Crippen LogP contribution is -2.48. The third-order valence-electron chi connectivity index (χ3n) is 4.25. The van der Waals surface area contributed by atoms with Crippen LogP contribution in [-0.2, 0) is 6.42 Å². The number of thiophene rings is 1. The molecule has 0 spiro atoms. The predicted octanol–water partition coefficient (Wildman–Crippen LogP) is 4.37. The van der Waals surface area contributed by atoms with Crippen molar-refractivity contribution in [2.24, 2.45) is 5.92 Å². The molecule has 2 aliphatic rings. The highest BCUT2D eigenvalue weighted by Gasteiger charge is 2.44. The van der Waals surface area contributed by atoms with Crippen molar-refractivity contribution in [2.45, 2.75) is 50.5 Å².